The van der Waals surface area contributed by atoms with E-state index in [1.54, 1.807) is 103 Å². The summed E-state index contributed by atoms with van der Waals surface area (Å²) in [5.41, 5.74) is -6.26. The van der Waals surface area contributed by atoms with Gasteiger partial charge < -0.3 is 71.9 Å². The molecule has 3 aromatic heterocycles. The first-order chi connectivity index (χ1) is 66.6. The maximum atomic E-state index is 16.2. The second-order valence-electron chi connectivity index (χ2n) is 46.0. The minimum absolute atomic E-state index is 0.00655. The third-order valence-corrected chi connectivity index (χ3v) is 29.8. The van der Waals surface area contributed by atoms with Crippen molar-refractivity contribution in [2.24, 2.45) is 69.5 Å². The molecule has 30 nitrogen and oxygen atoms in total. The number of allylic oxidation sites excluding steroid dienone is 2. The van der Waals surface area contributed by atoms with Crippen LogP contribution in [0.15, 0.2) is 66.7 Å². The Kier molecular flexibility index (Phi) is 31.7. The molecule has 15 rings (SSSR count). The molecule has 36 heteroatoms. The molecule has 3 saturated heterocycles. The number of aromatic nitrogens is 6. The highest BCUT2D eigenvalue weighted by atomic mass is 19.3. The van der Waals surface area contributed by atoms with Crippen molar-refractivity contribution in [1.29, 1.82) is 0 Å². The van der Waals surface area contributed by atoms with Gasteiger partial charge in [0.15, 0.2) is 17.1 Å². The minimum Gasteiger partial charge on any atom is -0.497 e. The maximum Gasteiger partial charge on any atom is 0.329 e. The number of esters is 5. The summed E-state index contributed by atoms with van der Waals surface area (Å²) in [6.45, 7) is 37.6. The van der Waals surface area contributed by atoms with E-state index in [1.165, 1.54) is 42.1 Å². The van der Waals surface area contributed by atoms with Gasteiger partial charge in [0.1, 0.15) is 81.7 Å². The molecule has 3 amide bonds. The van der Waals surface area contributed by atoms with E-state index in [0.29, 0.717) is 93.4 Å². The maximum absolute atomic E-state index is 16.2. The average Bonchev–Trinajstić information content (AvgIpc) is 1.72. The Morgan fingerprint density at radius 2 is 0.720 bits per heavy atom. The summed E-state index contributed by atoms with van der Waals surface area (Å²) >= 11 is 0. The molecule has 9 heterocycles. The molecular weight excluding hydrogens is 1860 g/mol. The number of amides is 3. The number of carbonyl (C=O) groups excluding carboxylic acids is 8. The van der Waals surface area contributed by atoms with Gasteiger partial charge in [0.05, 0.1) is 111 Å². The summed E-state index contributed by atoms with van der Waals surface area (Å²) in [6.07, 6.45) is 4.25. The van der Waals surface area contributed by atoms with Crippen molar-refractivity contribution in [2.45, 2.75) is 350 Å². The van der Waals surface area contributed by atoms with Crippen LogP contribution in [0.4, 0.5) is 26.3 Å². The van der Waals surface area contributed by atoms with E-state index in [0.717, 1.165) is 6.08 Å². The molecule has 9 aliphatic rings. The van der Waals surface area contributed by atoms with Crippen molar-refractivity contribution >= 4 is 86.6 Å². The molecule has 3 saturated carbocycles. The molecule has 6 aromatic rings. The van der Waals surface area contributed by atoms with Gasteiger partial charge in [0.2, 0.25) is 35.4 Å². The van der Waals surface area contributed by atoms with Crippen LogP contribution in [0.3, 0.4) is 0 Å². The van der Waals surface area contributed by atoms with E-state index in [4.69, 9.17) is 52.1 Å². The van der Waals surface area contributed by atoms with E-state index in [9.17, 15) is 48.3 Å². The van der Waals surface area contributed by atoms with Gasteiger partial charge >= 0.3 is 41.7 Å². The topological polar surface area (TPSA) is 362 Å². The number of methoxy groups -OCH3 is 3. The Hall–Kier alpha value is -11.0. The van der Waals surface area contributed by atoms with Crippen LogP contribution in [0.1, 0.15) is 284 Å². The Bertz CT molecular complexity index is 5790. The number of carboxylic acids is 1. The molecule has 3 aromatic carbocycles. The van der Waals surface area contributed by atoms with Gasteiger partial charge in [-0.25, -0.2) is 44.3 Å². The summed E-state index contributed by atoms with van der Waals surface area (Å²) < 4.78 is 161. The normalized spacial score (nSPS) is 30.0. The van der Waals surface area contributed by atoms with Gasteiger partial charge in [-0.1, -0.05) is 102 Å². The molecule has 6 aliphatic heterocycles. The lowest BCUT2D eigenvalue weighted by Gasteiger charge is -2.35. The van der Waals surface area contributed by atoms with Crippen LogP contribution in [0.2, 0.25) is 0 Å². The number of halogens is 6. The molecule has 0 unspecified atom stereocenters. The molecule has 1 N–H and O–H groups in total. The first-order valence-corrected chi connectivity index (χ1v) is 50.3. The number of carboxylic acid groups (broad SMARTS) is 1. The van der Waals surface area contributed by atoms with E-state index in [1.807, 2.05) is 96.9 Å². The quantitative estimate of drug-likeness (QED) is 0.0608. The first-order valence-electron chi connectivity index (χ1n) is 50.3. The highest BCUT2D eigenvalue weighted by molar-refractivity contribution is 5.93. The number of alkyl halides is 6. The molecule has 3 aliphatic carbocycles. The summed E-state index contributed by atoms with van der Waals surface area (Å²) in [5.74, 6) is -20.1. The van der Waals surface area contributed by atoms with Crippen molar-refractivity contribution in [3.05, 3.63) is 83.8 Å². The molecule has 784 valence electrons. The molecular formula is C107H143F6N9O21. The van der Waals surface area contributed by atoms with E-state index < -0.39 is 229 Å². The van der Waals surface area contributed by atoms with Crippen molar-refractivity contribution in [2.75, 3.05) is 41.0 Å². The van der Waals surface area contributed by atoms with Crippen LogP contribution in [0.5, 0.6) is 34.9 Å². The number of carbonyl (C=O) groups is 9. The lowest BCUT2D eigenvalue weighted by Crippen LogP contribution is -2.50. The zero-order valence-electron chi connectivity index (χ0n) is 87.0. The van der Waals surface area contributed by atoms with Crippen LogP contribution in [-0.4, -0.2) is 209 Å². The van der Waals surface area contributed by atoms with Gasteiger partial charge in [-0.2, -0.15) is 26.3 Å². The van der Waals surface area contributed by atoms with Crippen molar-refractivity contribution in [3.8, 4) is 34.9 Å². The third kappa shape index (κ3) is 24.9. The third-order valence-electron chi connectivity index (χ3n) is 29.8. The highest BCUT2D eigenvalue weighted by Crippen LogP contribution is 2.56. The largest absolute Gasteiger partial charge is 0.497 e. The lowest BCUT2D eigenvalue weighted by molar-refractivity contribution is -0.168. The summed E-state index contributed by atoms with van der Waals surface area (Å²) in [4.78, 5) is 154. The van der Waals surface area contributed by atoms with Crippen molar-refractivity contribution in [1.82, 2.24) is 44.6 Å². The van der Waals surface area contributed by atoms with Gasteiger partial charge in [-0.3, -0.25) is 28.8 Å². The van der Waals surface area contributed by atoms with Crippen LogP contribution in [-0.2, 0) is 84.6 Å². The summed E-state index contributed by atoms with van der Waals surface area (Å²) in [5, 5.41) is 10.3. The minimum atomic E-state index is -3.57. The molecule has 0 radical (unpaired) electrons. The highest BCUT2D eigenvalue weighted by Gasteiger charge is 2.61. The van der Waals surface area contributed by atoms with Gasteiger partial charge in [0, 0.05) is 66.5 Å². The number of hydrogen-bond donors (Lipinski definition) is 1. The van der Waals surface area contributed by atoms with Gasteiger partial charge in [-0.05, 0) is 198 Å². The van der Waals surface area contributed by atoms with E-state index >= 15 is 26.3 Å². The Balaban J connectivity index is 0.000000180. The van der Waals surface area contributed by atoms with Crippen LogP contribution >= 0.6 is 0 Å². The molecule has 143 heavy (non-hydrogen) atoms. The fourth-order valence-electron chi connectivity index (χ4n) is 21.1. The zero-order valence-corrected chi connectivity index (χ0v) is 87.0. The Morgan fingerprint density at radius 3 is 1.02 bits per heavy atom. The fraction of sp³-hybridized carbons (Fsp3) is 0.673. The number of ether oxygens (including phenoxy) is 11. The molecule has 18 atom stereocenters. The zero-order chi connectivity index (χ0) is 105. The van der Waals surface area contributed by atoms with E-state index in [2.05, 4.69) is 29.9 Å². The summed E-state index contributed by atoms with van der Waals surface area (Å²) in [7, 11) is 4.46. The Morgan fingerprint density at radius 1 is 0.420 bits per heavy atom. The monoisotopic (exact) mass is 2000 g/mol. The number of rotatable bonds is 9. The predicted octanol–water partition coefficient (Wildman–Crippen LogP) is 19.5. The standard InChI is InChI=1S/C37H51F2N3O7.C37H49F2N3O7.C33H43F2N3O7/c2*1-10-23-27-20-42(29(23)33(45)49-35(5,6)7)32(44)24(34(2,3)4)18-28(43)48-36(8)19-21(36)13-11-12-16-37(38,39)30-31(47-27)41-26-17-22(46-9)14-15-25(26)40-30;1-7-20-24-17-38(26(20)30(41)42)29(40)21(31(2,3)4)15-25(39)45-32(5)16-18(32)10-8-9-13-33(34,35)27-28(44-24)37-23-14-19(43-6)11-12-22(23)36-27/h14-15,17,21,23-24,27,29H,10-13,16,18-20H2,1-9H3;12,14-17,21,23-24,27,29H,10-11,13,18-20H2,1-9H3;11-12,14,18,20-21,24,26H,7-10,13,15-17H2,1-6H3,(H,41,42)/b;16-12+;/t21-,23-,24-,27+,29+,36-;21-,23+,24+,27-,29-,36-;18-,20-,21-,24+,26+,32-/m101/s1. The smallest absolute Gasteiger partial charge is 0.329 e. The molecule has 0 spiro atoms. The summed E-state index contributed by atoms with van der Waals surface area (Å²) in [6, 6.07) is 10.8. The first kappa shape index (κ1) is 109. The van der Waals surface area contributed by atoms with Crippen LogP contribution in [0.25, 0.3) is 33.1 Å². The van der Waals surface area contributed by atoms with Crippen molar-refractivity contribution in [3.63, 3.8) is 0 Å². The SMILES string of the molecule is CC[C@@H]1[C@@H]2CN(C(=O)[C@H](C(C)(C)C)CC(=O)O[C@@]3(C)C[C@@H]3CC/C=C/C(F)(F)c3nc4ccc(OC)cc4nc3O2)[C@@H]1C(=O)OC(C)(C)C.CC[C@@H]1[C@@H]2CN(C(=O)[C@H](C(C)(C)C)CC(=O)O[C@]3(C)C[C@H]3CCCCC(F)(F)c3nc4ccc(OC)cc4nc3O2)[C@@H]1C(=O)O.CC[C@@H]1[C@@H]2CN(C(=O)[C@H](C(C)(C)C)CC(=O)O[C@]3(C)C[C@H]3CCCCC(F)(F)c3nc4ccc(OC)cc4nc3O2)[C@@H]1C(=O)OC(C)(C)C. The second-order valence-corrected chi connectivity index (χ2v) is 46.0. The molecule has 6 fully saturated rings. The predicted molar refractivity (Wildman–Crippen MR) is 516 cm³/mol. The number of fused-ring (bicyclic) bond motifs is 15. The van der Waals surface area contributed by atoms with E-state index in [-0.39, 0.29) is 109 Å². The fourth-order valence-corrected chi connectivity index (χ4v) is 21.1. The average molecular weight is 2010 g/mol. The van der Waals surface area contributed by atoms with Crippen LogP contribution in [0, 0.1) is 69.5 Å². The van der Waals surface area contributed by atoms with Gasteiger partial charge in [-0.15, -0.1) is 0 Å². The number of benzene rings is 3. The van der Waals surface area contributed by atoms with Crippen LogP contribution < -0.4 is 28.4 Å². The Labute approximate surface area is 832 Å². The van der Waals surface area contributed by atoms with Crippen molar-refractivity contribution < 1.29 is 127 Å². The number of nitrogens with zero attached hydrogens (tertiary/aromatic N) is 9. The lowest BCUT2D eigenvalue weighted by atomic mass is 9.77. The second kappa shape index (κ2) is 41.5. The number of aliphatic carboxylic acids is 1. The molecule has 6 bridgehead atoms. The van der Waals surface area contributed by atoms with Gasteiger partial charge in [0.25, 0.3) is 11.8 Å². The number of hydrogen-bond acceptors (Lipinski definition) is 26.